The molecule has 3 rings (SSSR count). The van der Waals surface area contributed by atoms with Crippen LogP contribution in [0.1, 0.15) is 16.2 Å². The molecule has 9 nitrogen and oxygen atoms in total. The van der Waals surface area contributed by atoms with Crippen molar-refractivity contribution in [3.05, 3.63) is 52.1 Å². The van der Waals surface area contributed by atoms with Crippen LogP contribution < -0.4 is 20.6 Å². The minimum Gasteiger partial charge on any atom is -0.467 e. The number of ether oxygens (including phenoxy) is 1. The summed E-state index contributed by atoms with van der Waals surface area (Å²) in [7, 11) is 4.99. The van der Waals surface area contributed by atoms with E-state index in [4.69, 9.17) is 9.15 Å². The lowest BCUT2D eigenvalue weighted by atomic mass is 10.2. The maximum absolute atomic E-state index is 12.4. The van der Waals surface area contributed by atoms with E-state index in [1.807, 2.05) is 0 Å². The van der Waals surface area contributed by atoms with Crippen LogP contribution in [0.5, 0.6) is 6.01 Å². The van der Waals surface area contributed by atoms with Crippen LogP contribution in [0.3, 0.4) is 0 Å². The number of methoxy groups -OCH3 is 1. The number of carbonyl (C=O) groups is 1. The lowest BCUT2D eigenvalue weighted by Crippen LogP contribution is -2.29. The van der Waals surface area contributed by atoms with Gasteiger partial charge < -0.3 is 19.4 Å². The van der Waals surface area contributed by atoms with Crippen molar-refractivity contribution in [2.45, 2.75) is 6.54 Å². The van der Waals surface area contributed by atoms with E-state index < -0.39 is 11.5 Å². The molecule has 0 aliphatic carbocycles. The number of carbonyl (C=O) groups excluding carboxylic acids is 1. The average molecular weight is 355 g/mol. The Balaban J connectivity index is 1.82. The predicted molar refractivity (Wildman–Crippen MR) is 94.4 cm³/mol. The fraction of sp³-hybridized carbons (Fsp3) is 0.235. The number of aromatic nitrogens is 3. The second-order valence-corrected chi connectivity index (χ2v) is 5.60. The summed E-state index contributed by atoms with van der Waals surface area (Å²) in [6.07, 6.45) is 0. The highest BCUT2D eigenvalue weighted by atomic mass is 16.5. The zero-order valence-electron chi connectivity index (χ0n) is 14.5. The van der Waals surface area contributed by atoms with E-state index in [9.17, 15) is 9.59 Å². The number of hydrogen-bond acceptors (Lipinski definition) is 8. The number of amides is 1. The number of rotatable bonds is 5. The van der Waals surface area contributed by atoms with Gasteiger partial charge in [-0.3, -0.25) is 4.79 Å². The third-order valence-corrected chi connectivity index (χ3v) is 3.53. The Morgan fingerprint density at radius 3 is 2.73 bits per heavy atom. The van der Waals surface area contributed by atoms with E-state index in [0.717, 1.165) is 0 Å². The molecule has 0 aliphatic rings. The number of nitrogens with one attached hydrogen (secondary N) is 1. The van der Waals surface area contributed by atoms with E-state index in [0.29, 0.717) is 22.7 Å². The number of para-hydroxylation sites is 1. The van der Waals surface area contributed by atoms with Crippen molar-refractivity contribution in [1.29, 1.82) is 0 Å². The molecule has 0 aliphatic heterocycles. The van der Waals surface area contributed by atoms with Gasteiger partial charge in [-0.25, -0.2) is 4.79 Å². The zero-order valence-corrected chi connectivity index (χ0v) is 14.5. The third kappa shape index (κ3) is 3.61. The number of nitrogens with zero attached hydrogens (tertiary/aromatic N) is 4. The third-order valence-electron chi connectivity index (χ3n) is 3.53. The lowest BCUT2D eigenvalue weighted by molar-refractivity contribution is 0.0946. The Hall–Kier alpha value is -3.49. The van der Waals surface area contributed by atoms with Gasteiger partial charge in [0.1, 0.15) is 11.1 Å². The quantitative estimate of drug-likeness (QED) is 0.675. The Kier molecular flexibility index (Phi) is 4.78. The van der Waals surface area contributed by atoms with Crippen LogP contribution in [0.2, 0.25) is 0 Å². The van der Waals surface area contributed by atoms with Crippen LogP contribution in [0.4, 0.5) is 5.95 Å². The predicted octanol–water partition coefficient (Wildman–Crippen LogP) is 0.983. The summed E-state index contributed by atoms with van der Waals surface area (Å²) in [6.45, 7) is 0.00478. The van der Waals surface area contributed by atoms with E-state index in [1.165, 1.54) is 13.2 Å². The first-order chi connectivity index (χ1) is 12.5. The second kappa shape index (κ2) is 7.18. The van der Waals surface area contributed by atoms with Gasteiger partial charge in [-0.1, -0.05) is 18.2 Å². The Bertz CT molecular complexity index is 1020. The van der Waals surface area contributed by atoms with Gasteiger partial charge in [0.2, 0.25) is 5.95 Å². The fourth-order valence-corrected chi connectivity index (χ4v) is 2.23. The van der Waals surface area contributed by atoms with Crippen LogP contribution in [0.25, 0.3) is 11.0 Å². The second-order valence-electron chi connectivity index (χ2n) is 5.60. The molecule has 1 amide bonds. The number of fused-ring (bicyclic) bond motifs is 1. The normalized spacial score (nSPS) is 10.6. The SMILES string of the molecule is COc1nc(CNC(=O)c2cc3ccccc3oc2=O)nc(N(C)C)n1. The molecule has 0 saturated heterocycles. The molecule has 0 spiro atoms. The van der Waals surface area contributed by atoms with Crippen molar-refractivity contribution in [2.75, 3.05) is 26.1 Å². The molecule has 0 unspecified atom stereocenters. The van der Waals surface area contributed by atoms with Crippen LogP contribution >= 0.6 is 0 Å². The van der Waals surface area contributed by atoms with Gasteiger partial charge in [0, 0.05) is 19.5 Å². The van der Waals surface area contributed by atoms with Crippen LogP contribution in [-0.2, 0) is 6.54 Å². The molecule has 2 heterocycles. The van der Waals surface area contributed by atoms with Gasteiger partial charge in [-0.2, -0.15) is 15.0 Å². The van der Waals surface area contributed by atoms with Gasteiger partial charge >= 0.3 is 11.6 Å². The molecular weight excluding hydrogens is 338 g/mol. The number of benzene rings is 1. The van der Waals surface area contributed by atoms with E-state index in [-0.39, 0.29) is 18.1 Å². The molecule has 2 aromatic heterocycles. The molecule has 1 aromatic carbocycles. The van der Waals surface area contributed by atoms with Gasteiger partial charge in [-0.05, 0) is 12.1 Å². The molecule has 0 fully saturated rings. The van der Waals surface area contributed by atoms with Crippen LogP contribution in [0, 0.1) is 0 Å². The first-order valence-electron chi connectivity index (χ1n) is 7.75. The molecule has 0 radical (unpaired) electrons. The molecule has 9 heteroatoms. The van der Waals surface area contributed by atoms with Gasteiger partial charge in [0.15, 0.2) is 5.82 Å². The molecule has 26 heavy (non-hydrogen) atoms. The van der Waals surface area contributed by atoms with E-state index in [1.54, 1.807) is 43.3 Å². The number of hydrogen-bond donors (Lipinski definition) is 1. The largest absolute Gasteiger partial charge is 0.467 e. The maximum atomic E-state index is 12.4. The summed E-state index contributed by atoms with van der Waals surface area (Å²) in [6, 6.07) is 8.60. The highest BCUT2D eigenvalue weighted by Gasteiger charge is 2.15. The molecule has 0 atom stereocenters. The minimum absolute atomic E-state index is 0.00478. The summed E-state index contributed by atoms with van der Waals surface area (Å²) in [5, 5.41) is 3.27. The van der Waals surface area contributed by atoms with Crippen LogP contribution in [0.15, 0.2) is 39.5 Å². The van der Waals surface area contributed by atoms with Gasteiger partial charge in [0.05, 0.1) is 13.7 Å². The molecule has 1 N–H and O–H groups in total. The van der Waals surface area contributed by atoms with E-state index in [2.05, 4.69) is 20.3 Å². The summed E-state index contributed by atoms with van der Waals surface area (Å²) in [5.41, 5.74) is -0.368. The fourth-order valence-electron chi connectivity index (χ4n) is 2.23. The molecule has 0 saturated carbocycles. The highest BCUT2D eigenvalue weighted by molar-refractivity contribution is 5.96. The smallest absolute Gasteiger partial charge is 0.349 e. The van der Waals surface area contributed by atoms with Crippen molar-refractivity contribution in [2.24, 2.45) is 0 Å². The standard InChI is InChI=1S/C17H17N5O4/c1-22(2)16-19-13(20-17(21-16)25-3)9-18-14(23)11-8-10-6-4-5-7-12(10)26-15(11)24/h4-8H,9H2,1-3H3,(H,18,23). The topological polar surface area (TPSA) is 110 Å². The molecule has 0 bridgehead atoms. The molecule has 3 aromatic rings. The van der Waals surface area contributed by atoms with Crippen molar-refractivity contribution in [3.63, 3.8) is 0 Å². The van der Waals surface area contributed by atoms with Crippen molar-refractivity contribution in [1.82, 2.24) is 20.3 Å². The Morgan fingerprint density at radius 1 is 1.23 bits per heavy atom. The Labute approximate surface area is 148 Å². The zero-order chi connectivity index (χ0) is 18.7. The summed E-state index contributed by atoms with van der Waals surface area (Å²) >= 11 is 0. The summed E-state index contributed by atoms with van der Waals surface area (Å²) in [4.78, 5) is 38.5. The van der Waals surface area contributed by atoms with Crippen molar-refractivity contribution in [3.8, 4) is 6.01 Å². The number of anilines is 1. The highest BCUT2D eigenvalue weighted by Crippen LogP contribution is 2.13. The average Bonchev–Trinajstić information content (AvgIpc) is 2.65. The van der Waals surface area contributed by atoms with Gasteiger partial charge in [0.25, 0.3) is 5.91 Å². The lowest BCUT2D eigenvalue weighted by Gasteiger charge is -2.12. The summed E-state index contributed by atoms with van der Waals surface area (Å²) in [5.74, 6) is 0.126. The van der Waals surface area contributed by atoms with E-state index >= 15 is 0 Å². The minimum atomic E-state index is -0.705. The summed E-state index contributed by atoms with van der Waals surface area (Å²) < 4.78 is 10.2. The molecule has 134 valence electrons. The Morgan fingerprint density at radius 2 is 2.00 bits per heavy atom. The van der Waals surface area contributed by atoms with Crippen molar-refractivity contribution >= 4 is 22.8 Å². The van der Waals surface area contributed by atoms with Crippen LogP contribution in [-0.4, -0.2) is 42.1 Å². The monoisotopic (exact) mass is 355 g/mol. The maximum Gasteiger partial charge on any atom is 0.349 e. The van der Waals surface area contributed by atoms with Gasteiger partial charge in [-0.15, -0.1) is 0 Å². The first kappa shape index (κ1) is 17.3. The van der Waals surface area contributed by atoms with Crippen molar-refractivity contribution < 1.29 is 13.9 Å². The first-order valence-corrected chi connectivity index (χ1v) is 7.75. The molecular formula is C17H17N5O4.